The number of hydrogen-bond donors (Lipinski definition) is 2. The molecule has 0 aliphatic carbocycles. The van der Waals surface area contributed by atoms with Crippen LogP contribution in [0.2, 0.25) is 0 Å². The lowest BCUT2D eigenvalue weighted by Crippen LogP contribution is -2.40. The molecule has 4 aromatic rings. The Morgan fingerprint density at radius 2 is 1.40 bits per heavy atom. The van der Waals surface area contributed by atoms with Gasteiger partial charge in [-0.05, 0) is 24.1 Å². The van der Waals surface area contributed by atoms with Crippen LogP contribution in [0, 0.1) is 0 Å². The number of aromatic amines is 1. The second-order valence-corrected chi connectivity index (χ2v) is 7.56. The highest BCUT2D eigenvalue weighted by molar-refractivity contribution is 5.88. The summed E-state index contributed by atoms with van der Waals surface area (Å²) in [7, 11) is 0. The SMILES string of the molecule is CC(CNC(=O)Cc1n[nH]c(=O)c2ccccc12)(c1ccccc1)c1ccccc1. The van der Waals surface area contributed by atoms with Crippen molar-refractivity contribution in [1.82, 2.24) is 15.5 Å². The van der Waals surface area contributed by atoms with Crippen LogP contribution in [0.25, 0.3) is 10.8 Å². The summed E-state index contributed by atoms with van der Waals surface area (Å²) in [5.74, 6) is -0.141. The van der Waals surface area contributed by atoms with Crippen molar-refractivity contribution in [2.45, 2.75) is 18.8 Å². The lowest BCUT2D eigenvalue weighted by atomic mass is 9.76. The molecule has 3 aromatic carbocycles. The maximum atomic E-state index is 12.8. The van der Waals surface area contributed by atoms with Crippen molar-refractivity contribution < 1.29 is 4.79 Å². The summed E-state index contributed by atoms with van der Waals surface area (Å²) in [6, 6.07) is 27.5. The molecule has 150 valence electrons. The van der Waals surface area contributed by atoms with Gasteiger partial charge in [-0.15, -0.1) is 0 Å². The van der Waals surface area contributed by atoms with Crippen LogP contribution >= 0.6 is 0 Å². The summed E-state index contributed by atoms with van der Waals surface area (Å²) in [5.41, 5.74) is 2.19. The number of fused-ring (bicyclic) bond motifs is 1. The molecule has 30 heavy (non-hydrogen) atoms. The van der Waals surface area contributed by atoms with E-state index < -0.39 is 0 Å². The molecular formula is C25H23N3O2. The molecule has 0 aliphatic heterocycles. The monoisotopic (exact) mass is 397 g/mol. The van der Waals surface area contributed by atoms with Gasteiger partial charge in [-0.25, -0.2) is 5.10 Å². The van der Waals surface area contributed by atoms with Crippen LogP contribution in [0.4, 0.5) is 0 Å². The third-order valence-electron chi connectivity index (χ3n) is 5.56. The highest BCUT2D eigenvalue weighted by atomic mass is 16.1. The lowest BCUT2D eigenvalue weighted by Gasteiger charge is -2.31. The van der Waals surface area contributed by atoms with Crippen LogP contribution in [-0.2, 0) is 16.6 Å². The van der Waals surface area contributed by atoms with Crippen molar-refractivity contribution in [3.63, 3.8) is 0 Å². The van der Waals surface area contributed by atoms with E-state index in [1.54, 1.807) is 12.1 Å². The third kappa shape index (κ3) is 3.87. The molecule has 0 bridgehead atoms. The molecular weight excluding hydrogens is 374 g/mol. The first kappa shape index (κ1) is 19.6. The van der Waals surface area contributed by atoms with E-state index in [0.717, 1.165) is 11.1 Å². The molecule has 5 nitrogen and oxygen atoms in total. The van der Waals surface area contributed by atoms with Crippen molar-refractivity contribution in [1.29, 1.82) is 0 Å². The summed E-state index contributed by atoms with van der Waals surface area (Å²) in [4.78, 5) is 24.8. The number of aromatic nitrogens is 2. The van der Waals surface area contributed by atoms with Crippen molar-refractivity contribution in [2.75, 3.05) is 6.54 Å². The van der Waals surface area contributed by atoms with Crippen LogP contribution in [0.5, 0.6) is 0 Å². The minimum absolute atomic E-state index is 0.0942. The maximum absolute atomic E-state index is 12.8. The van der Waals surface area contributed by atoms with Crippen molar-refractivity contribution in [3.05, 3.63) is 112 Å². The first-order valence-electron chi connectivity index (χ1n) is 9.92. The molecule has 0 saturated carbocycles. The van der Waals surface area contributed by atoms with E-state index in [-0.39, 0.29) is 23.3 Å². The van der Waals surface area contributed by atoms with E-state index in [9.17, 15) is 9.59 Å². The predicted molar refractivity (Wildman–Crippen MR) is 118 cm³/mol. The Hall–Kier alpha value is -3.73. The van der Waals surface area contributed by atoms with Gasteiger partial charge in [0, 0.05) is 17.3 Å². The van der Waals surface area contributed by atoms with Gasteiger partial charge in [0.25, 0.3) is 5.56 Å². The quantitative estimate of drug-likeness (QED) is 0.522. The second kappa shape index (κ2) is 8.33. The summed E-state index contributed by atoms with van der Waals surface area (Å²) in [6.07, 6.45) is 0.0942. The summed E-state index contributed by atoms with van der Waals surface area (Å²) < 4.78 is 0. The number of carbonyl (C=O) groups is 1. The number of carbonyl (C=O) groups excluding carboxylic acids is 1. The van der Waals surface area contributed by atoms with E-state index in [1.165, 1.54) is 0 Å². The maximum Gasteiger partial charge on any atom is 0.272 e. The minimum Gasteiger partial charge on any atom is -0.355 e. The minimum atomic E-state index is -0.376. The average Bonchev–Trinajstić information content (AvgIpc) is 2.81. The van der Waals surface area contributed by atoms with E-state index in [1.807, 2.05) is 48.5 Å². The fourth-order valence-electron chi connectivity index (χ4n) is 3.78. The Morgan fingerprint density at radius 3 is 2.00 bits per heavy atom. The fraction of sp³-hybridized carbons (Fsp3) is 0.160. The van der Waals surface area contributed by atoms with Gasteiger partial charge in [0.15, 0.2) is 0 Å². The Bertz CT molecular complexity index is 1180. The number of rotatable bonds is 6. The number of nitrogens with one attached hydrogen (secondary N) is 2. The Kier molecular flexibility index (Phi) is 5.44. The topological polar surface area (TPSA) is 74.8 Å². The van der Waals surface area contributed by atoms with E-state index in [0.29, 0.717) is 23.0 Å². The van der Waals surface area contributed by atoms with E-state index in [2.05, 4.69) is 46.7 Å². The van der Waals surface area contributed by atoms with Crippen LogP contribution < -0.4 is 10.9 Å². The van der Waals surface area contributed by atoms with Gasteiger partial charge in [0.05, 0.1) is 17.5 Å². The zero-order valence-corrected chi connectivity index (χ0v) is 16.8. The van der Waals surface area contributed by atoms with Crippen LogP contribution in [0.3, 0.4) is 0 Å². The summed E-state index contributed by atoms with van der Waals surface area (Å²) >= 11 is 0. The van der Waals surface area contributed by atoms with Crippen molar-refractivity contribution in [2.24, 2.45) is 0 Å². The van der Waals surface area contributed by atoms with Crippen LogP contribution in [0.1, 0.15) is 23.7 Å². The molecule has 0 saturated heterocycles. The molecule has 2 N–H and O–H groups in total. The van der Waals surface area contributed by atoms with Gasteiger partial charge in [0.2, 0.25) is 5.91 Å². The van der Waals surface area contributed by atoms with E-state index in [4.69, 9.17) is 0 Å². The van der Waals surface area contributed by atoms with Gasteiger partial charge in [0.1, 0.15) is 0 Å². The normalized spacial score (nSPS) is 11.4. The standard InChI is InChI=1S/C25H23N3O2/c1-25(18-10-4-2-5-11-18,19-12-6-3-7-13-19)17-26-23(29)16-22-20-14-8-9-15-21(20)24(30)28-27-22/h2-15H,16-17H2,1H3,(H,26,29)(H,28,30). The van der Waals surface area contributed by atoms with Gasteiger partial charge >= 0.3 is 0 Å². The van der Waals surface area contributed by atoms with Gasteiger partial charge in [-0.3, -0.25) is 9.59 Å². The number of hydrogen-bond acceptors (Lipinski definition) is 3. The Labute approximate surface area is 174 Å². The summed E-state index contributed by atoms with van der Waals surface area (Å²) in [5, 5.41) is 10.9. The number of nitrogens with zero attached hydrogens (tertiary/aromatic N) is 1. The van der Waals surface area contributed by atoms with Crippen LogP contribution in [-0.4, -0.2) is 22.6 Å². The van der Waals surface area contributed by atoms with Crippen molar-refractivity contribution >= 4 is 16.7 Å². The first-order valence-corrected chi connectivity index (χ1v) is 9.92. The number of amides is 1. The zero-order chi connectivity index (χ0) is 21.0. The number of benzene rings is 3. The average molecular weight is 397 g/mol. The molecule has 0 fully saturated rings. The first-order chi connectivity index (χ1) is 14.6. The molecule has 1 heterocycles. The molecule has 0 spiro atoms. The Balaban J connectivity index is 1.57. The van der Waals surface area contributed by atoms with Crippen LogP contribution in [0.15, 0.2) is 89.7 Å². The molecule has 0 unspecified atom stereocenters. The molecule has 0 aliphatic rings. The molecule has 4 rings (SSSR count). The zero-order valence-electron chi connectivity index (χ0n) is 16.8. The third-order valence-corrected chi connectivity index (χ3v) is 5.56. The predicted octanol–water partition coefficient (Wildman–Crippen LogP) is 3.59. The summed E-state index contributed by atoms with van der Waals surface area (Å²) in [6.45, 7) is 2.58. The molecule has 5 heteroatoms. The van der Waals surface area contributed by atoms with Gasteiger partial charge in [-0.2, -0.15) is 5.10 Å². The smallest absolute Gasteiger partial charge is 0.272 e. The highest BCUT2D eigenvalue weighted by Crippen LogP contribution is 2.31. The van der Waals surface area contributed by atoms with Gasteiger partial charge < -0.3 is 5.32 Å². The highest BCUT2D eigenvalue weighted by Gasteiger charge is 2.29. The lowest BCUT2D eigenvalue weighted by molar-refractivity contribution is -0.120. The Morgan fingerprint density at radius 1 is 0.867 bits per heavy atom. The number of H-pyrrole nitrogens is 1. The second-order valence-electron chi connectivity index (χ2n) is 7.56. The molecule has 1 amide bonds. The van der Waals surface area contributed by atoms with Gasteiger partial charge in [-0.1, -0.05) is 78.9 Å². The molecule has 0 atom stereocenters. The van der Waals surface area contributed by atoms with Crippen molar-refractivity contribution in [3.8, 4) is 0 Å². The molecule has 0 radical (unpaired) electrons. The largest absolute Gasteiger partial charge is 0.355 e. The van der Waals surface area contributed by atoms with E-state index >= 15 is 0 Å². The fourth-order valence-corrected chi connectivity index (χ4v) is 3.78. The molecule has 1 aromatic heterocycles.